The summed E-state index contributed by atoms with van der Waals surface area (Å²) in [6, 6.07) is 18.2. The van der Waals surface area contributed by atoms with Gasteiger partial charge in [-0.2, -0.15) is 21.4 Å². The van der Waals surface area contributed by atoms with E-state index in [1.54, 1.807) is 25.2 Å². The van der Waals surface area contributed by atoms with Gasteiger partial charge < -0.3 is 19.7 Å². The molecule has 0 aromatic heterocycles. The van der Waals surface area contributed by atoms with Gasteiger partial charge in [-0.1, -0.05) is 49.2 Å². The molecule has 3 aromatic rings. The molecule has 3 aliphatic heterocycles. The summed E-state index contributed by atoms with van der Waals surface area (Å²) < 4.78 is 81.5. The van der Waals surface area contributed by atoms with Crippen molar-refractivity contribution in [2.75, 3.05) is 36.5 Å². The molecule has 66 heavy (non-hydrogen) atoms. The molecule has 0 radical (unpaired) electrons. The Morgan fingerprint density at radius 2 is 1.45 bits per heavy atom. The SMILES string of the molecule is CNC(=O)c1ccc2c(c1)OC1=C3C(=C(/C=C/C4=[N+](CCCCS(=O)(=O)O)c5ccc(C)cc5C4(C)C)CCC3CC/C1=C\C=C1\N(CCCCS(=O)(=O)O)c3ccc(C)cc3C1(C)C)O2. The van der Waals surface area contributed by atoms with E-state index < -0.39 is 20.2 Å². The second kappa shape index (κ2) is 18.1. The number of carbonyl (C=O) groups excluding carboxylic acids is 1. The van der Waals surface area contributed by atoms with Crippen LogP contribution in [-0.2, 0) is 31.1 Å². The molecule has 0 saturated carbocycles. The predicted octanol–water partition coefficient (Wildman–Crippen LogP) is 9.72. The van der Waals surface area contributed by atoms with E-state index in [4.69, 9.17) is 9.47 Å². The van der Waals surface area contributed by atoms with Crippen LogP contribution in [-0.4, -0.2) is 73.8 Å². The van der Waals surface area contributed by atoms with E-state index in [9.17, 15) is 30.7 Å². The molecule has 0 saturated heterocycles. The second-order valence-electron chi connectivity index (χ2n) is 19.4. The van der Waals surface area contributed by atoms with Gasteiger partial charge in [0.2, 0.25) is 5.69 Å². The zero-order valence-corrected chi connectivity index (χ0v) is 40.7. The number of ether oxygens (including phenoxy) is 2. The molecule has 12 nitrogen and oxygen atoms in total. The van der Waals surface area contributed by atoms with E-state index in [0.717, 1.165) is 87.8 Å². The summed E-state index contributed by atoms with van der Waals surface area (Å²) in [6.45, 7) is 14.2. The Hall–Kier alpha value is -5.28. The van der Waals surface area contributed by atoms with Crippen LogP contribution in [0.1, 0.15) is 112 Å². The molecule has 0 fully saturated rings. The summed E-state index contributed by atoms with van der Waals surface area (Å²) in [5.74, 6) is 1.77. The monoisotopic (exact) mass is 936 g/mol. The van der Waals surface area contributed by atoms with Crippen molar-refractivity contribution in [3.8, 4) is 11.5 Å². The number of aryl methyl sites for hydroxylation is 2. The number of hydrogen-bond donors (Lipinski definition) is 3. The molecule has 5 aliphatic rings. The minimum Gasteiger partial charge on any atom is -0.453 e. The van der Waals surface area contributed by atoms with Gasteiger partial charge in [0.05, 0.1) is 16.9 Å². The lowest BCUT2D eigenvalue weighted by molar-refractivity contribution is -0.438. The average molecular weight is 937 g/mol. The second-order valence-corrected chi connectivity index (χ2v) is 22.5. The maximum atomic E-state index is 12.9. The zero-order valence-electron chi connectivity index (χ0n) is 39.0. The predicted molar refractivity (Wildman–Crippen MR) is 259 cm³/mol. The van der Waals surface area contributed by atoms with Gasteiger partial charge in [0.15, 0.2) is 17.2 Å². The normalized spacial score (nSPS) is 20.9. The quantitative estimate of drug-likeness (QED) is 0.0806. The van der Waals surface area contributed by atoms with Gasteiger partial charge in [0, 0.05) is 65.7 Å². The first-order valence-electron chi connectivity index (χ1n) is 23.0. The fourth-order valence-corrected chi connectivity index (χ4v) is 11.5. The standard InChI is InChI=1S/C52H61N3O9S2/c1-33-12-21-41-39(30-33)51(3,4)45(54(41)26-8-10-28-65(57,58)59)24-19-36-16-14-35-15-17-37(49-47(35)48(36)63-43-23-18-38(50(56)53-7)32-44(43)64-49)20-25-46-52(5,6)40-31-34(2)13-22-42(40)55(46)27-9-11-29-66(60,61)62/h12-13,18-25,30-32,35H,8-11,14-17,26-29H2,1-7H3,(H2-,53,56,57,58,59,60,61,62)/p+1. The molecule has 1 atom stereocenters. The number of rotatable bonds is 14. The Kier molecular flexibility index (Phi) is 12.9. The third-order valence-electron chi connectivity index (χ3n) is 13.9. The van der Waals surface area contributed by atoms with Crippen LogP contribution in [0.25, 0.3) is 0 Å². The number of carbonyl (C=O) groups is 1. The van der Waals surface area contributed by atoms with Crippen LogP contribution in [0, 0.1) is 19.8 Å². The summed E-state index contributed by atoms with van der Waals surface area (Å²) in [5, 5.41) is 2.72. The summed E-state index contributed by atoms with van der Waals surface area (Å²) in [4.78, 5) is 15.2. The first kappa shape index (κ1) is 47.2. The molecule has 8 rings (SSSR count). The number of hydrogen-bond acceptors (Lipinski definition) is 8. The van der Waals surface area contributed by atoms with Crippen molar-refractivity contribution in [3.63, 3.8) is 0 Å². The van der Waals surface area contributed by atoms with Gasteiger partial charge in [0.1, 0.15) is 18.1 Å². The van der Waals surface area contributed by atoms with Crippen molar-refractivity contribution in [1.82, 2.24) is 5.32 Å². The Balaban J connectivity index is 1.24. The van der Waals surface area contributed by atoms with Crippen molar-refractivity contribution < 1.29 is 44.8 Å². The highest BCUT2D eigenvalue weighted by atomic mass is 32.2. The van der Waals surface area contributed by atoms with Crippen LogP contribution in [0.5, 0.6) is 11.5 Å². The van der Waals surface area contributed by atoms with E-state index in [0.29, 0.717) is 55.8 Å². The minimum atomic E-state index is -4.07. The highest BCUT2D eigenvalue weighted by molar-refractivity contribution is 7.86. The van der Waals surface area contributed by atoms with Gasteiger partial charge in [0.25, 0.3) is 26.1 Å². The van der Waals surface area contributed by atoms with E-state index in [-0.39, 0.29) is 34.2 Å². The smallest absolute Gasteiger partial charge is 0.264 e. The van der Waals surface area contributed by atoms with Crippen molar-refractivity contribution >= 4 is 43.2 Å². The Morgan fingerprint density at radius 1 is 0.788 bits per heavy atom. The maximum Gasteiger partial charge on any atom is 0.264 e. The lowest BCUT2D eigenvalue weighted by Crippen LogP contribution is -2.28. The molecule has 1 amide bonds. The van der Waals surface area contributed by atoms with E-state index in [2.05, 4.69) is 117 Å². The van der Waals surface area contributed by atoms with E-state index >= 15 is 0 Å². The maximum absolute atomic E-state index is 12.9. The van der Waals surface area contributed by atoms with Gasteiger partial charge in [-0.05, 0) is 138 Å². The molecule has 1 unspecified atom stereocenters. The Labute approximate surface area is 390 Å². The highest BCUT2D eigenvalue weighted by Gasteiger charge is 2.45. The molecular formula is C52H62N3O9S2+. The Morgan fingerprint density at radius 3 is 2.17 bits per heavy atom. The van der Waals surface area contributed by atoms with E-state index in [1.807, 2.05) is 0 Å². The summed E-state index contributed by atoms with van der Waals surface area (Å²) in [5.41, 5.74) is 11.7. The first-order chi connectivity index (χ1) is 31.2. The first-order valence-corrected chi connectivity index (χ1v) is 26.2. The topological polar surface area (TPSA) is 163 Å². The number of anilines is 1. The van der Waals surface area contributed by atoms with Crippen molar-refractivity contribution in [1.29, 1.82) is 0 Å². The average Bonchev–Trinajstić information content (AvgIpc) is 3.48. The van der Waals surface area contributed by atoms with Crippen LogP contribution in [0.15, 0.2) is 113 Å². The molecule has 0 spiro atoms. The van der Waals surface area contributed by atoms with Gasteiger partial charge >= 0.3 is 0 Å². The Bertz CT molecular complexity index is 2920. The van der Waals surface area contributed by atoms with Crippen molar-refractivity contribution in [2.24, 2.45) is 5.92 Å². The summed E-state index contributed by atoms with van der Waals surface area (Å²) in [7, 11) is -6.54. The third-order valence-corrected chi connectivity index (χ3v) is 15.5. The molecule has 350 valence electrons. The fourth-order valence-electron chi connectivity index (χ4n) is 10.4. The fraction of sp³-hybridized carbons (Fsp3) is 0.423. The number of unbranched alkanes of at least 4 members (excludes halogenated alkanes) is 2. The summed E-state index contributed by atoms with van der Waals surface area (Å²) in [6.07, 6.45) is 13.8. The summed E-state index contributed by atoms with van der Waals surface area (Å²) >= 11 is 0. The third kappa shape index (κ3) is 9.47. The molecular weight excluding hydrogens is 875 g/mol. The van der Waals surface area contributed by atoms with Crippen LogP contribution in [0.4, 0.5) is 11.4 Å². The van der Waals surface area contributed by atoms with E-state index in [1.165, 1.54) is 11.1 Å². The lowest BCUT2D eigenvalue weighted by Gasteiger charge is -2.33. The van der Waals surface area contributed by atoms with Crippen molar-refractivity contribution in [3.05, 3.63) is 141 Å². The molecule has 0 bridgehead atoms. The molecule has 3 N–H and O–H groups in total. The number of amides is 1. The number of nitrogens with one attached hydrogen (secondary N) is 1. The van der Waals surface area contributed by atoms with Gasteiger partial charge in [-0.25, -0.2) is 0 Å². The van der Waals surface area contributed by atoms with Crippen LogP contribution in [0.3, 0.4) is 0 Å². The number of allylic oxidation sites excluding steroid dienone is 8. The number of fused-ring (bicyclic) bond motifs is 3. The molecule has 14 heteroatoms. The largest absolute Gasteiger partial charge is 0.453 e. The number of benzene rings is 3. The number of nitrogens with zero attached hydrogens (tertiary/aromatic N) is 2. The van der Waals surface area contributed by atoms with Crippen LogP contribution in [0.2, 0.25) is 0 Å². The molecule has 3 aromatic carbocycles. The highest BCUT2D eigenvalue weighted by Crippen LogP contribution is 2.52. The lowest BCUT2D eigenvalue weighted by atomic mass is 9.74. The van der Waals surface area contributed by atoms with Crippen molar-refractivity contribution in [2.45, 2.75) is 104 Å². The zero-order chi connectivity index (χ0) is 47.3. The van der Waals surface area contributed by atoms with Crippen LogP contribution < -0.4 is 19.7 Å². The minimum absolute atomic E-state index is 0.168. The van der Waals surface area contributed by atoms with Gasteiger partial charge in [-0.15, -0.1) is 0 Å². The van der Waals surface area contributed by atoms with Gasteiger partial charge in [-0.3, -0.25) is 13.9 Å². The molecule has 3 heterocycles. The molecule has 2 aliphatic carbocycles. The van der Waals surface area contributed by atoms with Crippen LogP contribution >= 0.6 is 0 Å².